The van der Waals surface area contributed by atoms with E-state index in [1.807, 2.05) is 4.90 Å². The number of carbonyl (C=O) groups excluding carboxylic acids is 1. The first-order valence-corrected chi connectivity index (χ1v) is 6.99. The van der Waals surface area contributed by atoms with Crippen molar-refractivity contribution in [2.45, 2.75) is 38.6 Å². The van der Waals surface area contributed by atoms with E-state index in [0.29, 0.717) is 18.4 Å². The third-order valence-electron chi connectivity index (χ3n) is 4.09. The summed E-state index contributed by atoms with van der Waals surface area (Å²) in [5.41, 5.74) is 5.68. The fraction of sp³-hybridized carbons (Fsp3) is 0.923. The Balaban J connectivity index is 1.91. The average Bonchev–Trinajstić information content (AvgIpc) is 2.97. The SMILES string of the molecule is CCCN1CCCC1C(=O)N1CCC(CN)C1. The lowest BCUT2D eigenvalue weighted by Gasteiger charge is -2.27. The van der Waals surface area contributed by atoms with Crippen LogP contribution in [0.15, 0.2) is 0 Å². The molecule has 2 atom stereocenters. The highest BCUT2D eigenvalue weighted by Gasteiger charge is 2.35. The van der Waals surface area contributed by atoms with Crippen molar-refractivity contribution in [2.75, 3.05) is 32.7 Å². The molecule has 0 saturated carbocycles. The van der Waals surface area contributed by atoms with E-state index in [1.165, 1.54) is 6.42 Å². The van der Waals surface area contributed by atoms with Gasteiger partial charge in [0, 0.05) is 13.1 Å². The number of likely N-dealkylation sites (tertiary alicyclic amines) is 2. The highest BCUT2D eigenvalue weighted by atomic mass is 16.2. The van der Waals surface area contributed by atoms with E-state index < -0.39 is 0 Å². The average molecular weight is 239 g/mol. The van der Waals surface area contributed by atoms with Gasteiger partial charge < -0.3 is 10.6 Å². The smallest absolute Gasteiger partial charge is 0.239 e. The second-order valence-electron chi connectivity index (χ2n) is 5.37. The van der Waals surface area contributed by atoms with Crippen LogP contribution in [0.25, 0.3) is 0 Å². The summed E-state index contributed by atoms with van der Waals surface area (Å²) in [5, 5.41) is 0. The van der Waals surface area contributed by atoms with Gasteiger partial charge in [0.2, 0.25) is 5.91 Å². The molecule has 17 heavy (non-hydrogen) atoms. The Labute approximate surface area is 104 Å². The Hall–Kier alpha value is -0.610. The molecule has 2 rings (SSSR count). The van der Waals surface area contributed by atoms with Crippen molar-refractivity contribution in [1.82, 2.24) is 9.80 Å². The van der Waals surface area contributed by atoms with Gasteiger partial charge in [-0.15, -0.1) is 0 Å². The van der Waals surface area contributed by atoms with Gasteiger partial charge in [0.05, 0.1) is 6.04 Å². The van der Waals surface area contributed by atoms with Crippen molar-refractivity contribution in [3.05, 3.63) is 0 Å². The summed E-state index contributed by atoms with van der Waals surface area (Å²) in [6.07, 6.45) is 4.44. The summed E-state index contributed by atoms with van der Waals surface area (Å²) >= 11 is 0. The van der Waals surface area contributed by atoms with Crippen LogP contribution in [0, 0.1) is 5.92 Å². The quantitative estimate of drug-likeness (QED) is 0.784. The Kier molecular flexibility index (Phi) is 4.40. The molecule has 2 heterocycles. The Morgan fingerprint density at radius 1 is 1.35 bits per heavy atom. The molecule has 98 valence electrons. The van der Waals surface area contributed by atoms with Crippen LogP contribution in [0.3, 0.4) is 0 Å². The van der Waals surface area contributed by atoms with E-state index in [9.17, 15) is 4.79 Å². The number of hydrogen-bond donors (Lipinski definition) is 1. The third kappa shape index (κ3) is 2.80. The lowest BCUT2D eigenvalue weighted by atomic mass is 10.1. The van der Waals surface area contributed by atoms with E-state index in [4.69, 9.17) is 5.73 Å². The number of nitrogens with two attached hydrogens (primary N) is 1. The van der Waals surface area contributed by atoms with Crippen LogP contribution in [0.5, 0.6) is 0 Å². The fourth-order valence-electron chi connectivity index (χ4n) is 3.10. The monoisotopic (exact) mass is 239 g/mol. The van der Waals surface area contributed by atoms with E-state index in [0.717, 1.165) is 45.4 Å². The number of hydrogen-bond acceptors (Lipinski definition) is 3. The largest absolute Gasteiger partial charge is 0.341 e. The van der Waals surface area contributed by atoms with Crippen LogP contribution in [0.4, 0.5) is 0 Å². The molecule has 2 fully saturated rings. The second-order valence-corrected chi connectivity index (χ2v) is 5.37. The molecule has 0 aromatic heterocycles. The molecule has 1 amide bonds. The summed E-state index contributed by atoms with van der Waals surface area (Å²) in [4.78, 5) is 16.8. The molecule has 4 nitrogen and oxygen atoms in total. The number of amides is 1. The summed E-state index contributed by atoms with van der Waals surface area (Å²) in [7, 11) is 0. The highest BCUT2D eigenvalue weighted by molar-refractivity contribution is 5.82. The predicted molar refractivity (Wildman–Crippen MR) is 68.6 cm³/mol. The number of nitrogens with zero attached hydrogens (tertiary/aromatic N) is 2. The van der Waals surface area contributed by atoms with Crippen molar-refractivity contribution in [3.8, 4) is 0 Å². The van der Waals surface area contributed by atoms with Crippen LogP contribution in [-0.2, 0) is 4.79 Å². The van der Waals surface area contributed by atoms with Crippen molar-refractivity contribution < 1.29 is 4.79 Å². The maximum Gasteiger partial charge on any atom is 0.239 e. The van der Waals surface area contributed by atoms with Crippen molar-refractivity contribution in [2.24, 2.45) is 11.7 Å². The Bertz CT molecular complexity index is 269. The molecule has 0 bridgehead atoms. The van der Waals surface area contributed by atoms with Gasteiger partial charge in [-0.25, -0.2) is 0 Å². The van der Waals surface area contributed by atoms with Crippen LogP contribution in [-0.4, -0.2) is 54.5 Å². The zero-order chi connectivity index (χ0) is 12.3. The Morgan fingerprint density at radius 2 is 2.18 bits per heavy atom. The van der Waals surface area contributed by atoms with Gasteiger partial charge in [-0.2, -0.15) is 0 Å². The molecule has 0 aromatic rings. The number of carbonyl (C=O) groups is 1. The van der Waals surface area contributed by atoms with Crippen molar-refractivity contribution in [1.29, 1.82) is 0 Å². The molecule has 0 aliphatic carbocycles. The van der Waals surface area contributed by atoms with Gasteiger partial charge in [-0.1, -0.05) is 6.92 Å². The maximum absolute atomic E-state index is 12.4. The molecule has 2 saturated heterocycles. The van der Waals surface area contributed by atoms with Gasteiger partial charge in [0.1, 0.15) is 0 Å². The molecular formula is C13H25N3O. The summed E-state index contributed by atoms with van der Waals surface area (Å²) in [5.74, 6) is 0.881. The van der Waals surface area contributed by atoms with Crippen LogP contribution < -0.4 is 5.73 Å². The lowest BCUT2D eigenvalue weighted by Crippen LogP contribution is -2.45. The van der Waals surface area contributed by atoms with Crippen LogP contribution in [0.1, 0.15) is 32.6 Å². The predicted octanol–water partition coefficient (Wildman–Crippen LogP) is 0.668. The zero-order valence-electron chi connectivity index (χ0n) is 10.9. The first kappa shape index (κ1) is 12.8. The van der Waals surface area contributed by atoms with E-state index in [-0.39, 0.29) is 6.04 Å². The first-order valence-electron chi connectivity index (χ1n) is 6.99. The summed E-state index contributed by atoms with van der Waals surface area (Å²) < 4.78 is 0. The van der Waals surface area contributed by atoms with E-state index in [2.05, 4.69) is 11.8 Å². The lowest BCUT2D eigenvalue weighted by molar-refractivity contribution is -0.135. The third-order valence-corrected chi connectivity index (χ3v) is 4.09. The normalized spacial score (nSPS) is 30.1. The fourth-order valence-corrected chi connectivity index (χ4v) is 3.10. The van der Waals surface area contributed by atoms with Gasteiger partial charge in [0.15, 0.2) is 0 Å². The molecule has 0 aromatic carbocycles. The molecular weight excluding hydrogens is 214 g/mol. The molecule has 2 N–H and O–H groups in total. The van der Waals surface area contributed by atoms with Crippen LogP contribution in [0.2, 0.25) is 0 Å². The van der Waals surface area contributed by atoms with Gasteiger partial charge >= 0.3 is 0 Å². The van der Waals surface area contributed by atoms with E-state index in [1.54, 1.807) is 0 Å². The van der Waals surface area contributed by atoms with Crippen molar-refractivity contribution >= 4 is 5.91 Å². The molecule has 2 unspecified atom stereocenters. The topological polar surface area (TPSA) is 49.6 Å². The summed E-state index contributed by atoms with van der Waals surface area (Å²) in [6.45, 7) is 6.85. The molecule has 0 radical (unpaired) electrons. The zero-order valence-corrected chi connectivity index (χ0v) is 10.9. The minimum Gasteiger partial charge on any atom is -0.341 e. The minimum absolute atomic E-state index is 0.159. The van der Waals surface area contributed by atoms with Gasteiger partial charge in [-0.05, 0) is 51.2 Å². The number of rotatable bonds is 4. The van der Waals surface area contributed by atoms with E-state index >= 15 is 0 Å². The van der Waals surface area contributed by atoms with Gasteiger partial charge in [0.25, 0.3) is 0 Å². The second kappa shape index (κ2) is 5.83. The molecule has 2 aliphatic rings. The minimum atomic E-state index is 0.159. The molecule has 4 heteroatoms. The van der Waals surface area contributed by atoms with Crippen molar-refractivity contribution in [3.63, 3.8) is 0 Å². The summed E-state index contributed by atoms with van der Waals surface area (Å²) in [6, 6.07) is 0.159. The molecule has 0 spiro atoms. The van der Waals surface area contributed by atoms with Gasteiger partial charge in [-0.3, -0.25) is 9.69 Å². The Morgan fingerprint density at radius 3 is 2.82 bits per heavy atom. The van der Waals surface area contributed by atoms with Crippen LogP contribution >= 0.6 is 0 Å². The first-order chi connectivity index (χ1) is 8.26. The maximum atomic E-state index is 12.4. The standard InChI is InChI=1S/C13H25N3O/c1-2-6-15-7-3-4-12(15)13(17)16-8-5-11(9-14)10-16/h11-12H,2-10,14H2,1H3. The highest BCUT2D eigenvalue weighted by Crippen LogP contribution is 2.23. The molecule has 2 aliphatic heterocycles.